The van der Waals surface area contributed by atoms with E-state index in [4.69, 9.17) is 15.3 Å². The predicted octanol–water partition coefficient (Wildman–Crippen LogP) is 2.58. The molecule has 0 aromatic heterocycles. The van der Waals surface area contributed by atoms with E-state index >= 15 is 0 Å². The van der Waals surface area contributed by atoms with E-state index in [-0.39, 0.29) is 17.6 Å². The molecule has 0 saturated carbocycles. The van der Waals surface area contributed by atoms with Crippen LogP contribution in [0.5, 0.6) is 5.75 Å². The van der Waals surface area contributed by atoms with E-state index in [0.29, 0.717) is 0 Å². The molecule has 2 atom stereocenters. The first-order chi connectivity index (χ1) is 9.49. The van der Waals surface area contributed by atoms with Crippen LogP contribution in [0.25, 0.3) is 0 Å². The fourth-order valence-corrected chi connectivity index (χ4v) is 2.99. The third kappa shape index (κ3) is 2.97. The Balaban J connectivity index is 2.41. The van der Waals surface area contributed by atoms with Crippen molar-refractivity contribution in [3.8, 4) is 5.75 Å². The van der Waals surface area contributed by atoms with Crippen LogP contribution in [0, 0.1) is 5.41 Å². The molecule has 4 heteroatoms. The van der Waals surface area contributed by atoms with E-state index in [1.54, 1.807) is 7.11 Å². The number of nitrogens with one attached hydrogen (secondary N) is 1. The minimum absolute atomic E-state index is 0.0246. The van der Waals surface area contributed by atoms with Crippen molar-refractivity contribution >= 4 is 0 Å². The maximum atomic E-state index is 5.89. The molecular weight excluding hydrogens is 252 g/mol. The van der Waals surface area contributed by atoms with Gasteiger partial charge in [0.25, 0.3) is 0 Å². The SMILES string of the molecule is COC(C(NN)c1cccc2c1OCCC2)C(C)(C)C. The van der Waals surface area contributed by atoms with Crippen molar-refractivity contribution in [2.45, 2.75) is 45.8 Å². The summed E-state index contributed by atoms with van der Waals surface area (Å²) in [5.74, 6) is 6.81. The Morgan fingerprint density at radius 2 is 2.10 bits per heavy atom. The molecule has 3 N–H and O–H groups in total. The fraction of sp³-hybridized carbons (Fsp3) is 0.625. The second-order valence-electron chi connectivity index (χ2n) is 6.45. The van der Waals surface area contributed by atoms with E-state index in [2.05, 4.69) is 44.4 Å². The Morgan fingerprint density at radius 1 is 1.35 bits per heavy atom. The van der Waals surface area contributed by atoms with Gasteiger partial charge < -0.3 is 9.47 Å². The molecule has 0 spiro atoms. The fourth-order valence-electron chi connectivity index (χ4n) is 2.99. The highest BCUT2D eigenvalue weighted by molar-refractivity contribution is 5.45. The van der Waals surface area contributed by atoms with Crippen LogP contribution < -0.4 is 16.0 Å². The van der Waals surface area contributed by atoms with Crippen LogP contribution in [0.15, 0.2) is 18.2 Å². The Bertz CT molecular complexity index is 454. The van der Waals surface area contributed by atoms with Gasteiger partial charge in [0.15, 0.2) is 0 Å². The van der Waals surface area contributed by atoms with Crippen LogP contribution in [0.3, 0.4) is 0 Å². The molecule has 0 fully saturated rings. The number of hydrazine groups is 1. The number of nitrogens with two attached hydrogens (primary N) is 1. The maximum Gasteiger partial charge on any atom is 0.127 e. The van der Waals surface area contributed by atoms with Gasteiger partial charge in [-0.1, -0.05) is 39.0 Å². The Kier molecular flexibility index (Phi) is 4.68. The summed E-state index contributed by atoms with van der Waals surface area (Å²) >= 11 is 0. The minimum atomic E-state index is -0.0898. The van der Waals surface area contributed by atoms with Crippen molar-refractivity contribution in [3.05, 3.63) is 29.3 Å². The third-order valence-corrected chi connectivity index (χ3v) is 3.89. The molecule has 0 radical (unpaired) electrons. The molecule has 1 aromatic rings. The van der Waals surface area contributed by atoms with Crippen molar-refractivity contribution in [2.24, 2.45) is 11.3 Å². The van der Waals surface area contributed by atoms with E-state index in [1.807, 2.05) is 0 Å². The number of ether oxygens (including phenoxy) is 2. The smallest absolute Gasteiger partial charge is 0.127 e. The van der Waals surface area contributed by atoms with Gasteiger partial charge in [-0.3, -0.25) is 11.3 Å². The first-order valence-electron chi connectivity index (χ1n) is 7.22. The molecule has 1 heterocycles. The summed E-state index contributed by atoms with van der Waals surface area (Å²) in [7, 11) is 1.73. The molecule has 0 aliphatic carbocycles. The van der Waals surface area contributed by atoms with Gasteiger partial charge in [-0.25, -0.2) is 0 Å². The lowest BCUT2D eigenvalue weighted by atomic mass is 9.81. The summed E-state index contributed by atoms with van der Waals surface area (Å²) in [5, 5.41) is 0. The Labute approximate surface area is 121 Å². The van der Waals surface area contributed by atoms with Crippen molar-refractivity contribution in [1.82, 2.24) is 5.43 Å². The molecule has 1 aliphatic rings. The predicted molar refractivity (Wildman–Crippen MR) is 80.6 cm³/mol. The molecule has 1 aliphatic heterocycles. The van der Waals surface area contributed by atoms with Gasteiger partial charge in [0.2, 0.25) is 0 Å². The first-order valence-corrected chi connectivity index (χ1v) is 7.22. The average Bonchev–Trinajstić information content (AvgIpc) is 2.42. The lowest BCUT2D eigenvalue weighted by molar-refractivity contribution is -0.0127. The molecule has 112 valence electrons. The van der Waals surface area contributed by atoms with Crippen LogP contribution in [0.4, 0.5) is 0 Å². The van der Waals surface area contributed by atoms with Crippen molar-refractivity contribution in [1.29, 1.82) is 0 Å². The molecule has 0 saturated heterocycles. The minimum Gasteiger partial charge on any atom is -0.493 e. The summed E-state index contributed by atoms with van der Waals surface area (Å²) in [6.07, 6.45) is 2.10. The number of rotatable bonds is 4. The number of fused-ring (bicyclic) bond motifs is 1. The molecule has 4 nitrogen and oxygen atoms in total. The monoisotopic (exact) mass is 278 g/mol. The molecule has 2 rings (SSSR count). The van der Waals surface area contributed by atoms with Crippen LogP contribution in [0.1, 0.15) is 44.4 Å². The number of para-hydroxylation sites is 1. The first kappa shape index (κ1) is 15.3. The van der Waals surface area contributed by atoms with E-state index < -0.39 is 0 Å². The molecule has 2 unspecified atom stereocenters. The van der Waals surface area contributed by atoms with Gasteiger partial charge in [0.05, 0.1) is 18.8 Å². The summed E-state index contributed by atoms with van der Waals surface area (Å²) in [6, 6.07) is 6.19. The lowest BCUT2D eigenvalue weighted by Gasteiger charge is -2.37. The largest absolute Gasteiger partial charge is 0.493 e. The molecule has 0 amide bonds. The highest BCUT2D eigenvalue weighted by Gasteiger charge is 2.35. The molecule has 1 aromatic carbocycles. The van der Waals surface area contributed by atoms with E-state index in [1.165, 1.54) is 5.56 Å². The van der Waals surface area contributed by atoms with Crippen LogP contribution in [0.2, 0.25) is 0 Å². The summed E-state index contributed by atoms with van der Waals surface area (Å²) in [5.41, 5.74) is 5.25. The van der Waals surface area contributed by atoms with Crippen molar-refractivity contribution in [2.75, 3.05) is 13.7 Å². The zero-order valence-electron chi connectivity index (χ0n) is 12.9. The number of hydrogen-bond donors (Lipinski definition) is 2. The second-order valence-corrected chi connectivity index (χ2v) is 6.45. The summed E-state index contributed by atoms with van der Waals surface area (Å²) < 4.78 is 11.6. The Hall–Kier alpha value is -1.10. The third-order valence-electron chi connectivity index (χ3n) is 3.89. The lowest BCUT2D eigenvalue weighted by Crippen LogP contribution is -2.44. The second kappa shape index (κ2) is 6.12. The Morgan fingerprint density at radius 3 is 2.70 bits per heavy atom. The van der Waals surface area contributed by atoms with Crippen LogP contribution >= 0.6 is 0 Å². The van der Waals surface area contributed by atoms with Gasteiger partial charge in [0.1, 0.15) is 5.75 Å². The average molecular weight is 278 g/mol. The van der Waals surface area contributed by atoms with Gasteiger partial charge in [-0.15, -0.1) is 0 Å². The molecular formula is C16H26N2O2. The van der Waals surface area contributed by atoms with Crippen molar-refractivity contribution < 1.29 is 9.47 Å². The molecule has 0 bridgehead atoms. The normalized spacial score (nSPS) is 18.1. The number of benzene rings is 1. The number of methoxy groups -OCH3 is 1. The van der Waals surface area contributed by atoms with Crippen LogP contribution in [-0.4, -0.2) is 19.8 Å². The van der Waals surface area contributed by atoms with E-state index in [9.17, 15) is 0 Å². The topological polar surface area (TPSA) is 56.5 Å². The highest BCUT2D eigenvalue weighted by Crippen LogP contribution is 2.38. The quantitative estimate of drug-likeness (QED) is 0.656. The summed E-state index contributed by atoms with van der Waals surface area (Å²) in [6.45, 7) is 7.24. The zero-order chi connectivity index (χ0) is 14.8. The highest BCUT2D eigenvalue weighted by atomic mass is 16.5. The standard InChI is InChI=1S/C16H26N2O2/c1-16(2,3)15(19-4)13(18-17)12-9-5-7-11-8-6-10-20-14(11)12/h5,7,9,13,15,18H,6,8,10,17H2,1-4H3. The zero-order valence-corrected chi connectivity index (χ0v) is 12.9. The van der Waals surface area contributed by atoms with Gasteiger partial charge >= 0.3 is 0 Å². The van der Waals surface area contributed by atoms with Gasteiger partial charge in [-0.2, -0.15) is 0 Å². The summed E-state index contributed by atoms with van der Waals surface area (Å²) in [4.78, 5) is 0. The number of hydrogen-bond acceptors (Lipinski definition) is 4. The van der Waals surface area contributed by atoms with Crippen LogP contribution in [-0.2, 0) is 11.2 Å². The van der Waals surface area contributed by atoms with Gasteiger partial charge in [0, 0.05) is 12.7 Å². The number of aryl methyl sites for hydroxylation is 1. The van der Waals surface area contributed by atoms with Crippen molar-refractivity contribution in [3.63, 3.8) is 0 Å². The van der Waals surface area contributed by atoms with Gasteiger partial charge in [-0.05, 0) is 23.8 Å². The maximum absolute atomic E-state index is 5.89. The molecule has 20 heavy (non-hydrogen) atoms. The van der Waals surface area contributed by atoms with E-state index in [0.717, 1.165) is 30.8 Å².